The minimum Gasteiger partial charge on any atom is -0.466 e. The van der Waals surface area contributed by atoms with E-state index in [2.05, 4.69) is 16.0 Å². The van der Waals surface area contributed by atoms with Crippen molar-refractivity contribution in [2.45, 2.75) is 33.1 Å². The molecule has 0 saturated heterocycles. The van der Waals surface area contributed by atoms with Gasteiger partial charge in [0.25, 0.3) is 0 Å². The fraction of sp³-hybridized carbons (Fsp3) is 0.450. The molecule has 1 aromatic rings. The molecule has 0 radical (unpaired) electrons. The molecular formula is C20H23N3O4. The number of ether oxygens (including phenoxy) is 2. The smallest absolute Gasteiger partial charge is 0.339 e. The number of aliphatic imine (C=N–C) groups is 1. The first-order valence-electron chi connectivity index (χ1n) is 8.64. The van der Waals surface area contributed by atoms with Crippen molar-refractivity contribution in [3.63, 3.8) is 0 Å². The highest BCUT2D eigenvalue weighted by Gasteiger charge is 2.40. The first kappa shape index (κ1) is 20.3. The van der Waals surface area contributed by atoms with Crippen molar-refractivity contribution in [1.29, 1.82) is 5.26 Å². The molecule has 0 fully saturated rings. The number of carbonyl (C=O) groups is 2. The molecule has 7 heteroatoms. The van der Waals surface area contributed by atoms with Gasteiger partial charge in [-0.15, -0.1) is 0 Å². The van der Waals surface area contributed by atoms with Gasteiger partial charge in [-0.05, 0) is 30.9 Å². The van der Waals surface area contributed by atoms with Crippen LogP contribution >= 0.6 is 0 Å². The van der Waals surface area contributed by atoms with Crippen LogP contribution in [0.5, 0.6) is 0 Å². The van der Waals surface area contributed by atoms with E-state index in [9.17, 15) is 14.9 Å². The van der Waals surface area contributed by atoms with Gasteiger partial charge in [0, 0.05) is 29.7 Å². The van der Waals surface area contributed by atoms with E-state index in [0.29, 0.717) is 23.4 Å². The van der Waals surface area contributed by atoms with Gasteiger partial charge < -0.3 is 9.47 Å². The number of pyridine rings is 1. The predicted octanol–water partition coefficient (Wildman–Crippen LogP) is 3.04. The third-order valence-electron chi connectivity index (χ3n) is 4.46. The van der Waals surface area contributed by atoms with Crippen LogP contribution in [0.1, 0.15) is 49.0 Å². The summed E-state index contributed by atoms with van der Waals surface area (Å²) in [7, 11) is 2.55. The molecule has 0 amide bonds. The van der Waals surface area contributed by atoms with Gasteiger partial charge in [0.15, 0.2) is 0 Å². The maximum Gasteiger partial charge on any atom is 0.339 e. The Morgan fingerprint density at radius 2 is 1.93 bits per heavy atom. The zero-order valence-corrected chi connectivity index (χ0v) is 16.1. The van der Waals surface area contributed by atoms with E-state index in [-0.39, 0.29) is 17.1 Å². The van der Waals surface area contributed by atoms with E-state index in [1.807, 2.05) is 13.8 Å². The molecule has 0 saturated carbocycles. The summed E-state index contributed by atoms with van der Waals surface area (Å²) in [6, 6.07) is 3.91. The Hall–Kier alpha value is -3.01. The van der Waals surface area contributed by atoms with Gasteiger partial charge in [-0.2, -0.15) is 5.26 Å². The summed E-state index contributed by atoms with van der Waals surface area (Å²) in [6.07, 6.45) is 3.52. The number of allylic oxidation sites excluding steroid dienone is 1. The molecule has 1 aliphatic rings. The van der Waals surface area contributed by atoms with Gasteiger partial charge in [-0.3, -0.25) is 9.98 Å². The number of hydrogen-bond donors (Lipinski definition) is 0. The summed E-state index contributed by atoms with van der Waals surface area (Å²) >= 11 is 0. The van der Waals surface area contributed by atoms with E-state index in [4.69, 9.17) is 9.47 Å². The quantitative estimate of drug-likeness (QED) is 0.739. The van der Waals surface area contributed by atoms with Crippen LogP contribution in [0.15, 0.2) is 34.7 Å². The fourth-order valence-electron chi connectivity index (χ4n) is 3.35. The van der Waals surface area contributed by atoms with Crippen LogP contribution in [0.4, 0.5) is 0 Å². The third-order valence-corrected chi connectivity index (χ3v) is 4.46. The second-order valence-electron chi connectivity index (χ2n) is 6.73. The summed E-state index contributed by atoms with van der Waals surface area (Å²) in [4.78, 5) is 33.3. The summed E-state index contributed by atoms with van der Waals surface area (Å²) < 4.78 is 9.79. The number of rotatable bonds is 5. The highest BCUT2D eigenvalue weighted by atomic mass is 16.5. The lowest BCUT2D eigenvalue weighted by Crippen LogP contribution is -2.32. The molecule has 142 valence electrons. The monoisotopic (exact) mass is 369 g/mol. The molecule has 1 aromatic heterocycles. The lowest BCUT2D eigenvalue weighted by atomic mass is 9.73. The molecule has 1 aliphatic heterocycles. The Labute approximate surface area is 158 Å². The van der Waals surface area contributed by atoms with Gasteiger partial charge >= 0.3 is 11.9 Å². The lowest BCUT2D eigenvalue weighted by molar-refractivity contribution is -0.136. The normalized spacial score (nSPS) is 19.4. The van der Waals surface area contributed by atoms with Crippen LogP contribution in [0.25, 0.3) is 0 Å². The molecule has 0 aromatic carbocycles. The molecular weight excluding hydrogens is 346 g/mol. The minimum absolute atomic E-state index is 0.213. The highest BCUT2D eigenvalue weighted by Crippen LogP contribution is 2.41. The summed E-state index contributed by atoms with van der Waals surface area (Å²) in [6.45, 7) is 5.78. The van der Waals surface area contributed by atoms with Crippen molar-refractivity contribution in [1.82, 2.24) is 4.98 Å². The Kier molecular flexibility index (Phi) is 6.45. The molecule has 2 unspecified atom stereocenters. The summed E-state index contributed by atoms with van der Waals surface area (Å²) in [5.74, 6) is -2.26. The SMILES string of the molecule is COC(=O)C1=C(C)N=C(CC(C)C)C(C#N)C1c1ccncc1C(=O)OC. The van der Waals surface area contributed by atoms with Crippen LogP contribution in [0.3, 0.4) is 0 Å². The zero-order chi connectivity index (χ0) is 20.1. The summed E-state index contributed by atoms with van der Waals surface area (Å²) in [5, 5.41) is 9.91. The molecule has 7 nitrogen and oxygen atoms in total. The highest BCUT2D eigenvalue weighted by molar-refractivity contribution is 6.00. The second-order valence-corrected chi connectivity index (χ2v) is 6.73. The van der Waals surface area contributed by atoms with Gasteiger partial charge in [-0.1, -0.05) is 13.8 Å². The van der Waals surface area contributed by atoms with Gasteiger partial charge in [0.05, 0.1) is 37.3 Å². The van der Waals surface area contributed by atoms with Crippen molar-refractivity contribution >= 4 is 17.7 Å². The second kappa shape index (κ2) is 8.58. The first-order valence-corrected chi connectivity index (χ1v) is 8.64. The maximum absolute atomic E-state index is 12.5. The molecule has 2 heterocycles. The van der Waals surface area contributed by atoms with Gasteiger partial charge in [0.2, 0.25) is 0 Å². The Balaban J connectivity index is 2.74. The van der Waals surface area contributed by atoms with E-state index in [1.54, 1.807) is 13.0 Å². The Morgan fingerprint density at radius 3 is 2.48 bits per heavy atom. The van der Waals surface area contributed by atoms with E-state index in [1.165, 1.54) is 26.6 Å². The molecule has 0 spiro atoms. The zero-order valence-electron chi connectivity index (χ0n) is 16.1. The number of esters is 2. The van der Waals surface area contributed by atoms with Crippen molar-refractivity contribution < 1.29 is 19.1 Å². The number of nitrogens with zero attached hydrogens (tertiary/aromatic N) is 3. The third kappa shape index (κ3) is 4.05. The van der Waals surface area contributed by atoms with Crippen molar-refractivity contribution in [3.8, 4) is 6.07 Å². The molecule has 27 heavy (non-hydrogen) atoms. The predicted molar refractivity (Wildman–Crippen MR) is 99.0 cm³/mol. The number of hydrogen-bond acceptors (Lipinski definition) is 7. The lowest BCUT2D eigenvalue weighted by Gasteiger charge is -2.31. The van der Waals surface area contributed by atoms with Gasteiger partial charge in [0.1, 0.15) is 0 Å². The van der Waals surface area contributed by atoms with Crippen molar-refractivity contribution in [3.05, 3.63) is 40.9 Å². The largest absolute Gasteiger partial charge is 0.466 e. The minimum atomic E-state index is -0.698. The molecule has 2 atom stereocenters. The molecule has 0 N–H and O–H groups in total. The average Bonchev–Trinajstić information content (AvgIpc) is 2.65. The van der Waals surface area contributed by atoms with Crippen molar-refractivity contribution in [2.75, 3.05) is 14.2 Å². The molecule has 0 bridgehead atoms. The molecule has 0 aliphatic carbocycles. The van der Waals surface area contributed by atoms with E-state index < -0.39 is 23.8 Å². The number of carbonyl (C=O) groups excluding carboxylic acids is 2. The summed E-state index contributed by atoms with van der Waals surface area (Å²) in [5.41, 5.74) is 2.16. The topological polar surface area (TPSA) is 102 Å². The Bertz CT molecular complexity index is 849. The van der Waals surface area contributed by atoms with E-state index >= 15 is 0 Å². The number of nitriles is 1. The number of aromatic nitrogens is 1. The van der Waals surface area contributed by atoms with Crippen LogP contribution in [-0.2, 0) is 14.3 Å². The number of methoxy groups -OCH3 is 2. The standard InChI is InChI=1S/C20H23N3O4/c1-11(2)8-16-14(9-21)18(17(12(3)23-16)20(25)27-5)13-6-7-22-10-15(13)19(24)26-4/h6-7,10-11,14,18H,8H2,1-5H3. The van der Waals surface area contributed by atoms with Gasteiger partial charge in [-0.25, -0.2) is 9.59 Å². The first-order chi connectivity index (χ1) is 12.8. The van der Waals surface area contributed by atoms with E-state index in [0.717, 1.165) is 0 Å². The van der Waals surface area contributed by atoms with Crippen LogP contribution in [-0.4, -0.2) is 36.9 Å². The average molecular weight is 369 g/mol. The Morgan fingerprint density at radius 1 is 1.26 bits per heavy atom. The van der Waals surface area contributed by atoms with Crippen LogP contribution in [0, 0.1) is 23.2 Å². The maximum atomic E-state index is 12.5. The van der Waals surface area contributed by atoms with Crippen molar-refractivity contribution in [2.24, 2.45) is 16.8 Å². The molecule has 2 rings (SSSR count). The fourth-order valence-corrected chi connectivity index (χ4v) is 3.35. The van der Waals surface area contributed by atoms with Crippen LogP contribution < -0.4 is 0 Å². The van der Waals surface area contributed by atoms with Crippen LogP contribution in [0.2, 0.25) is 0 Å².